The number of nitrogens with zero attached hydrogens (tertiary/aromatic N) is 3. The zero-order valence-electron chi connectivity index (χ0n) is 13.7. The molecule has 1 aliphatic rings. The highest BCUT2D eigenvalue weighted by atomic mass is 35.5. The number of halogens is 1. The van der Waals surface area contributed by atoms with Crippen molar-refractivity contribution < 1.29 is 8.83 Å². The van der Waals surface area contributed by atoms with Crippen LogP contribution in [0.25, 0.3) is 11.3 Å². The molecule has 1 aromatic carbocycles. The molecular formula is C18H18ClN3O2S. The van der Waals surface area contributed by atoms with Crippen molar-refractivity contribution in [2.75, 3.05) is 0 Å². The maximum Gasteiger partial charge on any atom is 0.277 e. The summed E-state index contributed by atoms with van der Waals surface area (Å²) in [6.07, 6.45) is 7.81. The van der Waals surface area contributed by atoms with Crippen LogP contribution in [0.1, 0.15) is 49.8 Å². The van der Waals surface area contributed by atoms with Gasteiger partial charge in [0.1, 0.15) is 0 Å². The van der Waals surface area contributed by atoms with Crippen molar-refractivity contribution in [1.29, 1.82) is 0 Å². The van der Waals surface area contributed by atoms with Crippen molar-refractivity contribution in [2.45, 2.75) is 49.0 Å². The summed E-state index contributed by atoms with van der Waals surface area (Å²) in [5.74, 6) is 3.07. The molecule has 1 fully saturated rings. The van der Waals surface area contributed by atoms with E-state index in [1.807, 2.05) is 24.3 Å². The first kappa shape index (κ1) is 16.7. The first-order chi connectivity index (χ1) is 12.3. The van der Waals surface area contributed by atoms with E-state index in [-0.39, 0.29) is 0 Å². The lowest BCUT2D eigenvalue weighted by Crippen LogP contribution is -2.04. The highest BCUT2D eigenvalue weighted by Gasteiger charge is 2.21. The molecule has 4 rings (SSSR count). The average molecular weight is 376 g/mol. The number of aromatic nitrogens is 3. The van der Waals surface area contributed by atoms with Gasteiger partial charge in [-0.2, -0.15) is 0 Å². The van der Waals surface area contributed by atoms with Crippen molar-refractivity contribution in [3.8, 4) is 11.3 Å². The van der Waals surface area contributed by atoms with Crippen molar-refractivity contribution in [3.63, 3.8) is 0 Å². The van der Waals surface area contributed by atoms with Gasteiger partial charge in [0.05, 0.1) is 11.9 Å². The second kappa shape index (κ2) is 7.62. The second-order valence-electron chi connectivity index (χ2n) is 6.16. The van der Waals surface area contributed by atoms with Gasteiger partial charge in [-0.15, -0.1) is 10.2 Å². The van der Waals surface area contributed by atoms with Crippen molar-refractivity contribution >= 4 is 23.4 Å². The van der Waals surface area contributed by atoms with Crippen molar-refractivity contribution in [1.82, 2.24) is 15.2 Å². The van der Waals surface area contributed by atoms with E-state index in [2.05, 4.69) is 15.2 Å². The molecule has 1 saturated carbocycles. The van der Waals surface area contributed by atoms with Crippen LogP contribution in [-0.2, 0) is 5.75 Å². The Bertz CT molecular complexity index is 842. The molecule has 25 heavy (non-hydrogen) atoms. The van der Waals surface area contributed by atoms with Gasteiger partial charge in [-0.1, -0.05) is 54.8 Å². The van der Waals surface area contributed by atoms with E-state index in [9.17, 15) is 0 Å². The Morgan fingerprint density at radius 1 is 1.12 bits per heavy atom. The predicted octanol–water partition coefficient (Wildman–Crippen LogP) is 5.72. The smallest absolute Gasteiger partial charge is 0.277 e. The maximum atomic E-state index is 6.02. The van der Waals surface area contributed by atoms with E-state index in [0.717, 1.165) is 24.3 Å². The average Bonchev–Trinajstić information content (AvgIpc) is 3.30. The topological polar surface area (TPSA) is 65.0 Å². The molecule has 1 aliphatic carbocycles. The molecule has 0 saturated heterocycles. The molecule has 2 heterocycles. The van der Waals surface area contributed by atoms with Crippen molar-refractivity contribution in [2.24, 2.45) is 0 Å². The molecule has 5 nitrogen and oxygen atoms in total. The lowest BCUT2D eigenvalue weighted by Gasteiger charge is -2.17. The summed E-state index contributed by atoms with van der Waals surface area (Å²) in [4.78, 5) is 4.31. The van der Waals surface area contributed by atoms with E-state index in [4.69, 9.17) is 20.4 Å². The number of oxazole rings is 1. The number of rotatable bonds is 5. The van der Waals surface area contributed by atoms with Crippen LogP contribution in [0.3, 0.4) is 0 Å². The van der Waals surface area contributed by atoms with Gasteiger partial charge in [-0.25, -0.2) is 4.98 Å². The molecule has 0 bridgehead atoms. The standard InChI is InChI=1S/C18H18ClN3O2S/c19-14-8-4-7-13(9-14)15-10-20-16(23-15)11-25-18-22-21-17(24-18)12-5-2-1-3-6-12/h4,7-10,12H,1-3,5-6,11H2. The van der Waals surface area contributed by atoms with Gasteiger partial charge in [-0.3, -0.25) is 0 Å². The maximum absolute atomic E-state index is 6.02. The number of hydrogen-bond donors (Lipinski definition) is 0. The molecule has 0 radical (unpaired) electrons. The molecule has 0 unspecified atom stereocenters. The summed E-state index contributed by atoms with van der Waals surface area (Å²) in [7, 11) is 0. The first-order valence-corrected chi connectivity index (χ1v) is 9.81. The summed E-state index contributed by atoms with van der Waals surface area (Å²) in [5.41, 5.74) is 0.911. The minimum Gasteiger partial charge on any atom is -0.440 e. The summed E-state index contributed by atoms with van der Waals surface area (Å²) < 4.78 is 11.6. The third-order valence-electron chi connectivity index (χ3n) is 4.36. The Kier molecular flexibility index (Phi) is 5.08. The van der Waals surface area contributed by atoms with Gasteiger partial charge in [-0.05, 0) is 25.0 Å². The van der Waals surface area contributed by atoms with Crippen LogP contribution in [0.5, 0.6) is 0 Å². The Morgan fingerprint density at radius 2 is 2.00 bits per heavy atom. The third kappa shape index (κ3) is 4.07. The van der Waals surface area contributed by atoms with Crippen LogP contribution >= 0.6 is 23.4 Å². The Labute approximate surface area is 155 Å². The molecule has 0 atom stereocenters. The lowest BCUT2D eigenvalue weighted by atomic mass is 9.89. The highest BCUT2D eigenvalue weighted by molar-refractivity contribution is 7.98. The van der Waals surface area contributed by atoms with Crippen LogP contribution in [-0.4, -0.2) is 15.2 Å². The quantitative estimate of drug-likeness (QED) is 0.531. The van der Waals surface area contributed by atoms with Crippen LogP contribution < -0.4 is 0 Å². The summed E-state index contributed by atoms with van der Waals surface area (Å²) in [6.45, 7) is 0. The Hall–Kier alpha value is -1.79. The van der Waals surface area contributed by atoms with Gasteiger partial charge < -0.3 is 8.83 Å². The molecule has 130 valence electrons. The molecule has 2 aromatic heterocycles. The van der Waals surface area contributed by atoms with Crippen LogP contribution in [0.4, 0.5) is 0 Å². The summed E-state index contributed by atoms with van der Waals surface area (Å²) >= 11 is 7.46. The Balaban J connectivity index is 1.38. The van der Waals surface area contributed by atoms with Gasteiger partial charge >= 0.3 is 0 Å². The van der Waals surface area contributed by atoms with E-state index >= 15 is 0 Å². The molecule has 0 spiro atoms. The van der Waals surface area contributed by atoms with Gasteiger partial charge in [0, 0.05) is 16.5 Å². The van der Waals surface area contributed by atoms with E-state index in [1.54, 1.807) is 6.20 Å². The minimum absolute atomic E-state index is 0.423. The largest absolute Gasteiger partial charge is 0.440 e. The fraction of sp³-hybridized carbons (Fsp3) is 0.389. The molecule has 0 aliphatic heterocycles. The molecule has 3 aromatic rings. The van der Waals surface area contributed by atoms with Crippen molar-refractivity contribution in [3.05, 3.63) is 47.3 Å². The SMILES string of the molecule is Clc1cccc(-c2cnc(CSc3nnc(C4CCCCC4)o3)o2)c1. The van der Waals surface area contributed by atoms with Crippen LogP contribution in [0.15, 0.2) is 44.5 Å². The fourth-order valence-corrected chi connectivity index (χ4v) is 3.88. The molecular weight excluding hydrogens is 358 g/mol. The summed E-state index contributed by atoms with van der Waals surface area (Å²) in [6, 6.07) is 7.52. The third-order valence-corrected chi connectivity index (χ3v) is 5.40. The summed E-state index contributed by atoms with van der Waals surface area (Å²) in [5, 5.41) is 9.60. The Morgan fingerprint density at radius 3 is 2.84 bits per heavy atom. The highest BCUT2D eigenvalue weighted by Crippen LogP contribution is 2.33. The zero-order valence-corrected chi connectivity index (χ0v) is 15.2. The molecule has 0 N–H and O–H groups in total. The monoisotopic (exact) mass is 375 g/mol. The molecule has 7 heteroatoms. The van der Waals surface area contributed by atoms with E-state index < -0.39 is 0 Å². The van der Waals surface area contributed by atoms with E-state index in [1.165, 1.54) is 31.0 Å². The van der Waals surface area contributed by atoms with Crippen LogP contribution in [0.2, 0.25) is 5.02 Å². The number of hydrogen-bond acceptors (Lipinski definition) is 6. The molecule has 0 amide bonds. The normalized spacial score (nSPS) is 15.6. The number of thioether (sulfide) groups is 1. The number of benzene rings is 1. The first-order valence-electron chi connectivity index (χ1n) is 8.45. The van der Waals surface area contributed by atoms with Gasteiger partial charge in [0.15, 0.2) is 5.76 Å². The predicted molar refractivity (Wildman–Crippen MR) is 96.6 cm³/mol. The van der Waals surface area contributed by atoms with Crippen LogP contribution in [0, 0.1) is 0 Å². The second-order valence-corrected chi connectivity index (χ2v) is 7.52. The van der Waals surface area contributed by atoms with Gasteiger partial charge in [0.25, 0.3) is 5.22 Å². The fourth-order valence-electron chi connectivity index (χ4n) is 3.07. The minimum atomic E-state index is 0.423. The van der Waals surface area contributed by atoms with Gasteiger partial charge in [0.2, 0.25) is 11.8 Å². The zero-order chi connectivity index (χ0) is 17.1. The lowest BCUT2D eigenvalue weighted by molar-refractivity contribution is 0.334. The van der Waals surface area contributed by atoms with E-state index in [0.29, 0.717) is 33.6 Å².